The first kappa shape index (κ1) is 28.1. The van der Waals surface area contributed by atoms with Gasteiger partial charge < -0.3 is 14.7 Å². The molecule has 5 heterocycles. The molecule has 2 fully saturated rings. The predicted molar refractivity (Wildman–Crippen MR) is 160 cm³/mol. The molecule has 0 radical (unpaired) electrons. The van der Waals surface area contributed by atoms with Crippen LogP contribution in [0, 0.1) is 31.6 Å². The SMILES string of the molecule is Cc1c(C#CC2CCOCC2)sc2c1C(c1ccc(Cl)cc1)=N[C@@H](CC(=O)N1CCC(C)(O)CC1)c1nnc(C)n1-2. The van der Waals surface area contributed by atoms with Gasteiger partial charge in [-0.3, -0.25) is 14.4 Å². The number of thiophene rings is 1. The number of fused-ring (bicyclic) bond motifs is 3. The van der Waals surface area contributed by atoms with Gasteiger partial charge in [0.1, 0.15) is 16.9 Å². The lowest BCUT2D eigenvalue weighted by Gasteiger charge is -2.36. The molecule has 8 nitrogen and oxygen atoms in total. The average Bonchev–Trinajstić information content (AvgIpc) is 3.45. The van der Waals surface area contributed by atoms with Gasteiger partial charge in [0.25, 0.3) is 0 Å². The van der Waals surface area contributed by atoms with Crippen molar-refractivity contribution in [3.8, 4) is 16.8 Å². The van der Waals surface area contributed by atoms with Gasteiger partial charge in [-0.2, -0.15) is 0 Å². The summed E-state index contributed by atoms with van der Waals surface area (Å²) in [6.07, 6.45) is 3.20. The topological polar surface area (TPSA) is 92.8 Å². The fraction of sp³-hybridized carbons (Fsp3) is 0.484. The first-order valence-electron chi connectivity index (χ1n) is 14.2. The number of hydrogen-bond acceptors (Lipinski definition) is 7. The van der Waals surface area contributed by atoms with Crippen molar-refractivity contribution in [3.05, 3.63) is 62.5 Å². The summed E-state index contributed by atoms with van der Waals surface area (Å²) in [6.45, 7) is 8.43. The molecule has 0 spiro atoms. The molecule has 1 atom stereocenters. The number of nitrogens with zero attached hydrogens (tertiary/aromatic N) is 5. The fourth-order valence-corrected chi connectivity index (χ4v) is 7.04. The van der Waals surface area contributed by atoms with Crippen molar-refractivity contribution in [2.24, 2.45) is 10.9 Å². The van der Waals surface area contributed by atoms with Gasteiger partial charge in [-0.25, -0.2) is 0 Å². The van der Waals surface area contributed by atoms with E-state index in [4.69, 9.17) is 21.3 Å². The Labute approximate surface area is 249 Å². The van der Waals surface area contributed by atoms with Gasteiger partial charge in [0.2, 0.25) is 5.91 Å². The third kappa shape index (κ3) is 5.71. The maximum atomic E-state index is 13.5. The minimum atomic E-state index is -0.729. The largest absolute Gasteiger partial charge is 0.390 e. The second-order valence-electron chi connectivity index (χ2n) is 11.4. The summed E-state index contributed by atoms with van der Waals surface area (Å²) in [5, 5.41) is 21.0. The van der Waals surface area contributed by atoms with Gasteiger partial charge in [-0.1, -0.05) is 35.6 Å². The standard InChI is InChI=1S/C31H34ClN5O3S/c1-19-25(9-4-21-10-16-40-17-11-21)41-30-27(19)28(22-5-7-23(32)8-6-22)33-24(29-35-34-20(2)37(29)30)18-26(38)36-14-12-31(3,39)13-15-36/h5-8,21,24,39H,10-18H2,1-3H3/t24-/m0/s1. The maximum Gasteiger partial charge on any atom is 0.225 e. The van der Waals surface area contributed by atoms with Crippen LogP contribution in [0.1, 0.15) is 78.3 Å². The normalized spacial score (nSPS) is 20.4. The second kappa shape index (κ2) is 11.3. The van der Waals surface area contributed by atoms with Gasteiger partial charge in [0, 0.05) is 48.4 Å². The molecule has 6 rings (SSSR count). The van der Waals surface area contributed by atoms with Crippen LogP contribution in [0.25, 0.3) is 5.00 Å². The van der Waals surface area contributed by atoms with Crippen LogP contribution < -0.4 is 0 Å². The van der Waals surface area contributed by atoms with E-state index in [1.807, 2.05) is 43.0 Å². The third-order valence-electron chi connectivity index (χ3n) is 8.29. The Balaban J connectivity index is 1.43. The quantitative estimate of drug-likeness (QED) is 0.431. The van der Waals surface area contributed by atoms with Crippen LogP contribution in [0.2, 0.25) is 5.02 Å². The number of amides is 1. The Morgan fingerprint density at radius 3 is 2.59 bits per heavy atom. The third-order valence-corrected chi connectivity index (χ3v) is 9.74. The highest BCUT2D eigenvalue weighted by atomic mass is 35.5. The number of piperidine rings is 1. The molecule has 1 amide bonds. The van der Waals surface area contributed by atoms with Crippen molar-refractivity contribution in [1.29, 1.82) is 0 Å². The van der Waals surface area contributed by atoms with Crippen molar-refractivity contribution >= 4 is 34.6 Å². The van der Waals surface area contributed by atoms with E-state index in [1.165, 1.54) is 0 Å². The molecule has 0 saturated carbocycles. The summed E-state index contributed by atoms with van der Waals surface area (Å²) in [6, 6.07) is 7.15. The van der Waals surface area contributed by atoms with E-state index in [1.54, 1.807) is 11.3 Å². The van der Waals surface area contributed by atoms with E-state index in [-0.39, 0.29) is 12.3 Å². The summed E-state index contributed by atoms with van der Waals surface area (Å²) >= 11 is 7.88. The highest BCUT2D eigenvalue weighted by Gasteiger charge is 2.35. The van der Waals surface area contributed by atoms with E-state index in [0.717, 1.165) is 64.2 Å². The molecule has 3 aliphatic heterocycles. The molecule has 214 valence electrons. The van der Waals surface area contributed by atoms with Crippen LogP contribution in [-0.2, 0) is 9.53 Å². The molecular formula is C31H34ClN5O3S. The number of aromatic nitrogens is 3. The van der Waals surface area contributed by atoms with E-state index in [0.29, 0.717) is 42.7 Å². The Bertz CT molecular complexity index is 1550. The van der Waals surface area contributed by atoms with Crippen LogP contribution in [-0.4, -0.2) is 68.3 Å². The lowest BCUT2D eigenvalue weighted by molar-refractivity contribution is -0.135. The highest BCUT2D eigenvalue weighted by molar-refractivity contribution is 7.15. The number of carbonyl (C=O) groups is 1. The van der Waals surface area contributed by atoms with Crippen molar-refractivity contribution in [2.45, 2.75) is 64.5 Å². The van der Waals surface area contributed by atoms with Crippen molar-refractivity contribution in [1.82, 2.24) is 19.7 Å². The molecule has 10 heteroatoms. The van der Waals surface area contributed by atoms with Gasteiger partial charge >= 0.3 is 0 Å². The molecule has 0 aliphatic carbocycles. The van der Waals surface area contributed by atoms with E-state index in [2.05, 4.69) is 33.5 Å². The first-order chi connectivity index (χ1) is 19.7. The molecule has 2 saturated heterocycles. The zero-order valence-corrected chi connectivity index (χ0v) is 25.2. The number of benzene rings is 1. The van der Waals surface area contributed by atoms with E-state index in [9.17, 15) is 9.90 Å². The van der Waals surface area contributed by atoms with Crippen molar-refractivity contribution in [2.75, 3.05) is 26.3 Å². The van der Waals surface area contributed by atoms with Crippen molar-refractivity contribution in [3.63, 3.8) is 0 Å². The number of rotatable bonds is 3. The number of ether oxygens (including phenoxy) is 1. The second-order valence-corrected chi connectivity index (χ2v) is 12.9. The number of hydrogen-bond donors (Lipinski definition) is 1. The molecule has 2 aromatic heterocycles. The van der Waals surface area contributed by atoms with Crippen molar-refractivity contribution < 1.29 is 14.6 Å². The van der Waals surface area contributed by atoms with Gasteiger partial charge in [-0.15, -0.1) is 21.5 Å². The molecule has 41 heavy (non-hydrogen) atoms. The number of likely N-dealkylation sites (tertiary alicyclic amines) is 1. The molecule has 1 aromatic carbocycles. The van der Waals surface area contributed by atoms with Crippen LogP contribution in [0.15, 0.2) is 29.3 Å². The fourth-order valence-electron chi connectivity index (χ4n) is 5.68. The molecule has 1 N–H and O–H groups in total. The summed E-state index contributed by atoms with van der Waals surface area (Å²) < 4.78 is 7.56. The number of aryl methyl sites for hydroxylation is 1. The van der Waals surface area contributed by atoms with Crippen LogP contribution >= 0.6 is 22.9 Å². The highest BCUT2D eigenvalue weighted by Crippen LogP contribution is 2.40. The molecular weight excluding hydrogens is 558 g/mol. The molecule has 0 bridgehead atoms. The van der Waals surface area contributed by atoms with Gasteiger partial charge in [0.05, 0.1) is 22.6 Å². The monoisotopic (exact) mass is 591 g/mol. The van der Waals surface area contributed by atoms with Crippen LogP contribution in [0.3, 0.4) is 0 Å². The lowest BCUT2D eigenvalue weighted by atomic mass is 9.93. The molecule has 3 aromatic rings. The van der Waals surface area contributed by atoms with E-state index >= 15 is 0 Å². The number of halogens is 1. The average molecular weight is 592 g/mol. The predicted octanol–water partition coefficient (Wildman–Crippen LogP) is 5.03. The van der Waals surface area contributed by atoms with Crippen LogP contribution in [0.4, 0.5) is 0 Å². The number of aliphatic hydroxyl groups is 1. The molecule has 0 unspecified atom stereocenters. The minimum Gasteiger partial charge on any atom is -0.390 e. The molecule has 3 aliphatic rings. The minimum absolute atomic E-state index is 0.00176. The number of carbonyl (C=O) groups excluding carboxylic acids is 1. The summed E-state index contributed by atoms with van der Waals surface area (Å²) in [5.41, 5.74) is 3.04. The summed E-state index contributed by atoms with van der Waals surface area (Å²) in [4.78, 5) is 21.6. The summed E-state index contributed by atoms with van der Waals surface area (Å²) in [5.74, 6) is 8.69. The van der Waals surface area contributed by atoms with Gasteiger partial charge in [-0.05, 0) is 64.2 Å². The smallest absolute Gasteiger partial charge is 0.225 e. The Kier molecular flexibility index (Phi) is 7.77. The summed E-state index contributed by atoms with van der Waals surface area (Å²) in [7, 11) is 0. The zero-order chi connectivity index (χ0) is 28.7. The first-order valence-corrected chi connectivity index (χ1v) is 15.4. The van der Waals surface area contributed by atoms with E-state index < -0.39 is 11.6 Å². The zero-order valence-electron chi connectivity index (χ0n) is 23.6. The Hall–Kier alpha value is -3.03. The Morgan fingerprint density at radius 2 is 1.88 bits per heavy atom. The van der Waals surface area contributed by atoms with Crippen LogP contribution in [0.5, 0.6) is 0 Å². The maximum absolute atomic E-state index is 13.5. The number of aliphatic imine (C=N–C) groups is 1. The Morgan fingerprint density at radius 1 is 1.17 bits per heavy atom. The lowest BCUT2D eigenvalue weighted by Crippen LogP contribution is -2.45. The van der Waals surface area contributed by atoms with Gasteiger partial charge in [0.15, 0.2) is 5.82 Å².